The van der Waals surface area contributed by atoms with E-state index >= 15 is 0 Å². The molecule has 0 spiro atoms. The van der Waals surface area contributed by atoms with Crippen LogP contribution in [0.3, 0.4) is 0 Å². The molecule has 39 heavy (non-hydrogen) atoms. The number of hydrogen-bond donors (Lipinski definition) is 3. The first-order chi connectivity index (χ1) is 18.4. The van der Waals surface area contributed by atoms with Gasteiger partial charge >= 0.3 is 6.18 Å². The summed E-state index contributed by atoms with van der Waals surface area (Å²) in [6, 6.07) is 2.53. The number of alkyl halides is 3. The lowest BCUT2D eigenvalue weighted by Gasteiger charge is -2.06. The first-order valence-electron chi connectivity index (χ1n) is 11.7. The summed E-state index contributed by atoms with van der Waals surface area (Å²) in [4.78, 5) is 34.5. The van der Waals surface area contributed by atoms with Gasteiger partial charge in [0.2, 0.25) is 0 Å². The summed E-state index contributed by atoms with van der Waals surface area (Å²) in [5.41, 5.74) is 7.21. The average Bonchev–Trinajstić information content (AvgIpc) is 2.89. The molecule has 1 fully saturated rings. The predicted molar refractivity (Wildman–Crippen MR) is 139 cm³/mol. The molecule has 0 unspecified atom stereocenters. The number of nitrogen functional groups attached to an aromatic ring is 2. The van der Waals surface area contributed by atoms with Gasteiger partial charge in [0.1, 0.15) is 22.2 Å². The van der Waals surface area contributed by atoms with Gasteiger partial charge in [0.15, 0.2) is 5.82 Å². The predicted octanol–water partition coefficient (Wildman–Crippen LogP) is 4.48. The molecule has 0 saturated heterocycles. The monoisotopic (exact) mass is 568 g/mol. The van der Waals surface area contributed by atoms with Gasteiger partial charge in [-0.15, -0.1) is 0 Å². The van der Waals surface area contributed by atoms with Crippen molar-refractivity contribution >= 4 is 34.0 Å². The highest BCUT2D eigenvalue weighted by molar-refractivity contribution is 6.32. The molecular formula is C24H25ClF4N8O2. The van der Waals surface area contributed by atoms with Crippen LogP contribution < -0.4 is 22.6 Å². The van der Waals surface area contributed by atoms with Gasteiger partial charge in [-0.05, 0) is 12.1 Å². The molecule has 0 atom stereocenters. The Morgan fingerprint density at radius 2 is 1.62 bits per heavy atom. The number of nitrogens with one attached hydrogen (secondary N) is 1. The molecule has 0 aliphatic heterocycles. The number of aromatic nitrogens is 6. The highest BCUT2D eigenvalue weighted by Crippen LogP contribution is 2.29. The van der Waals surface area contributed by atoms with Gasteiger partial charge in [0.05, 0.1) is 40.9 Å². The third-order valence-corrected chi connectivity index (χ3v) is 5.98. The lowest BCUT2D eigenvalue weighted by Crippen LogP contribution is -2.24. The molecule has 0 radical (unpaired) electrons. The van der Waals surface area contributed by atoms with Crippen molar-refractivity contribution in [2.24, 2.45) is 7.05 Å². The molecule has 5 N–H and O–H groups in total. The molecular weight excluding hydrogens is 544 g/mol. The number of aromatic amines is 1. The van der Waals surface area contributed by atoms with E-state index in [1.807, 2.05) is 0 Å². The van der Waals surface area contributed by atoms with Crippen LogP contribution in [0, 0.1) is 5.82 Å². The SMILES string of the molecule is C1CCCCC1.Cn1cnc2cc(-c3ncc(Cl)c(N)n3)c(F)cc2c1=O.Nc1cn[nH]c(=O)c1C(F)(F)F. The van der Waals surface area contributed by atoms with E-state index in [0.29, 0.717) is 5.52 Å². The smallest absolute Gasteiger partial charge is 0.397 e. The minimum atomic E-state index is -4.74. The fourth-order valence-corrected chi connectivity index (χ4v) is 3.77. The number of aryl methyl sites for hydroxylation is 1. The minimum absolute atomic E-state index is 0.0538. The Bertz CT molecular complexity index is 1560. The number of benzene rings is 1. The lowest BCUT2D eigenvalue weighted by atomic mass is 10.0. The number of halogens is 5. The van der Waals surface area contributed by atoms with Crippen molar-refractivity contribution in [3.63, 3.8) is 0 Å². The van der Waals surface area contributed by atoms with Crippen LogP contribution in [0.15, 0.2) is 40.4 Å². The van der Waals surface area contributed by atoms with Crippen LogP contribution in [-0.4, -0.2) is 29.7 Å². The fraction of sp³-hybridized carbons (Fsp3) is 0.333. The van der Waals surface area contributed by atoms with Crippen molar-refractivity contribution in [3.8, 4) is 11.4 Å². The summed E-state index contributed by atoms with van der Waals surface area (Å²) in [6.45, 7) is 0. The second-order valence-electron chi connectivity index (χ2n) is 8.59. The van der Waals surface area contributed by atoms with E-state index in [1.165, 1.54) is 61.7 Å². The van der Waals surface area contributed by atoms with Crippen molar-refractivity contribution in [1.82, 2.24) is 29.7 Å². The van der Waals surface area contributed by atoms with Crippen LogP contribution in [-0.2, 0) is 13.2 Å². The van der Waals surface area contributed by atoms with Gasteiger partial charge in [0, 0.05) is 7.05 Å². The van der Waals surface area contributed by atoms with Crippen molar-refractivity contribution in [2.45, 2.75) is 44.7 Å². The first kappa shape index (κ1) is 29.5. The van der Waals surface area contributed by atoms with Crippen molar-refractivity contribution in [1.29, 1.82) is 0 Å². The van der Waals surface area contributed by atoms with E-state index in [4.69, 9.17) is 23.1 Å². The van der Waals surface area contributed by atoms with Crippen LogP contribution >= 0.6 is 11.6 Å². The molecule has 0 amide bonds. The Morgan fingerprint density at radius 3 is 2.13 bits per heavy atom. The van der Waals surface area contributed by atoms with Crippen molar-refractivity contribution in [3.05, 3.63) is 68.0 Å². The van der Waals surface area contributed by atoms with Crippen LogP contribution in [0.5, 0.6) is 0 Å². The topological polar surface area (TPSA) is 158 Å². The maximum atomic E-state index is 14.2. The summed E-state index contributed by atoms with van der Waals surface area (Å²) >= 11 is 5.74. The maximum Gasteiger partial charge on any atom is 0.423 e. The van der Waals surface area contributed by atoms with Gasteiger partial charge < -0.3 is 16.0 Å². The average molecular weight is 569 g/mol. The fourth-order valence-electron chi connectivity index (χ4n) is 3.68. The number of nitrogens with zero attached hydrogens (tertiary/aromatic N) is 5. The second kappa shape index (κ2) is 12.7. The number of fused-ring (bicyclic) bond motifs is 1. The second-order valence-corrected chi connectivity index (χ2v) is 8.99. The quantitative estimate of drug-likeness (QED) is 0.284. The zero-order valence-corrected chi connectivity index (χ0v) is 21.5. The van der Waals surface area contributed by atoms with Crippen LogP contribution in [0.1, 0.15) is 44.1 Å². The Morgan fingerprint density at radius 1 is 1.00 bits per heavy atom. The maximum absolute atomic E-state index is 14.2. The van der Waals surface area contributed by atoms with E-state index in [9.17, 15) is 27.2 Å². The number of anilines is 2. The number of rotatable bonds is 1. The Labute approximate surface area is 224 Å². The van der Waals surface area contributed by atoms with Gasteiger partial charge in [-0.25, -0.2) is 24.4 Å². The highest BCUT2D eigenvalue weighted by atomic mass is 35.5. The largest absolute Gasteiger partial charge is 0.423 e. The van der Waals surface area contributed by atoms with Crippen LogP contribution in [0.2, 0.25) is 5.02 Å². The van der Waals surface area contributed by atoms with E-state index < -0.39 is 28.8 Å². The molecule has 0 bridgehead atoms. The zero-order valence-electron chi connectivity index (χ0n) is 20.7. The summed E-state index contributed by atoms with van der Waals surface area (Å²) < 4.78 is 51.4. The summed E-state index contributed by atoms with van der Waals surface area (Å²) in [6.07, 6.45) is 7.66. The summed E-state index contributed by atoms with van der Waals surface area (Å²) in [5, 5.41) is 5.11. The molecule has 3 heterocycles. The first-order valence-corrected chi connectivity index (χ1v) is 12.1. The summed E-state index contributed by atoms with van der Waals surface area (Å²) in [5.74, 6) is -0.494. The molecule has 1 saturated carbocycles. The van der Waals surface area contributed by atoms with E-state index in [-0.39, 0.29) is 33.2 Å². The standard InChI is InChI=1S/C13H9ClFN5O.C6H12.C5H4F3N3O/c1-20-5-18-10-3-6(9(15)2-7(10)13(20)21)12-17-4-8(14)11(16)19-12;1-2-4-6-5-3-1;6-5(7,8)3-2(9)1-10-11-4(3)12/h2-5H,1H3,(H2,16,17,19);1-6H2;1H,(H3,9,11,12). The molecule has 4 aromatic rings. The van der Waals surface area contributed by atoms with E-state index in [2.05, 4.69) is 20.1 Å². The lowest BCUT2D eigenvalue weighted by molar-refractivity contribution is -0.138. The number of H-pyrrole nitrogens is 1. The summed E-state index contributed by atoms with van der Waals surface area (Å²) in [7, 11) is 1.55. The van der Waals surface area contributed by atoms with Gasteiger partial charge in [-0.2, -0.15) is 18.3 Å². The number of nitrogens with two attached hydrogens (primary N) is 2. The molecule has 1 aliphatic rings. The third-order valence-electron chi connectivity index (χ3n) is 5.69. The van der Waals surface area contributed by atoms with E-state index in [1.54, 1.807) is 12.1 Å². The molecule has 10 nitrogen and oxygen atoms in total. The van der Waals surface area contributed by atoms with Gasteiger partial charge in [-0.1, -0.05) is 50.1 Å². The zero-order chi connectivity index (χ0) is 28.7. The van der Waals surface area contributed by atoms with Crippen molar-refractivity contribution in [2.75, 3.05) is 11.5 Å². The molecule has 1 aliphatic carbocycles. The Hall–Kier alpha value is -4.07. The molecule has 1 aromatic carbocycles. The molecule has 3 aromatic heterocycles. The Balaban J connectivity index is 0.000000195. The highest BCUT2D eigenvalue weighted by Gasteiger charge is 2.36. The van der Waals surface area contributed by atoms with E-state index in [0.717, 1.165) is 12.3 Å². The van der Waals surface area contributed by atoms with Gasteiger partial charge in [0.25, 0.3) is 11.1 Å². The molecule has 208 valence electrons. The molecule has 15 heteroatoms. The minimum Gasteiger partial charge on any atom is -0.397 e. The van der Waals surface area contributed by atoms with Crippen LogP contribution in [0.4, 0.5) is 29.1 Å². The Kier molecular flexibility index (Phi) is 9.56. The molecule has 5 rings (SSSR count). The van der Waals surface area contributed by atoms with Crippen LogP contribution in [0.25, 0.3) is 22.3 Å². The van der Waals surface area contributed by atoms with Gasteiger partial charge in [-0.3, -0.25) is 9.59 Å². The number of hydrogen-bond acceptors (Lipinski definition) is 8. The third kappa shape index (κ3) is 7.50. The normalized spacial score (nSPS) is 13.2. The van der Waals surface area contributed by atoms with Crippen molar-refractivity contribution < 1.29 is 17.6 Å².